The van der Waals surface area contributed by atoms with E-state index in [2.05, 4.69) is 30.6 Å². The van der Waals surface area contributed by atoms with Crippen LogP contribution in [0, 0.1) is 0 Å². The maximum Gasteiger partial charge on any atom is 0.354 e. The number of methoxy groups -OCH3 is 2. The number of halogens is 4. The van der Waals surface area contributed by atoms with Crippen molar-refractivity contribution in [2.24, 2.45) is 0 Å². The van der Waals surface area contributed by atoms with Crippen LogP contribution in [-0.4, -0.2) is 127 Å². The number of carbonyl (C=O) groups is 6. The van der Waals surface area contributed by atoms with Gasteiger partial charge < -0.3 is 44.4 Å². The maximum absolute atomic E-state index is 13.2. The number of benzene rings is 4. The first-order valence-electron chi connectivity index (χ1n) is 25.8. The third-order valence-corrected chi connectivity index (χ3v) is 19.2. The van der Waals surface area contributed by atoms with E-state index < -0.39 is 46.7 Å². The molecule has 12 rings (SSSR count). The molecule has 0 spiro atoms. The molecule has 4 amide bonds. The van der Waals surface area contributed by atoms with Crippen LogP contribution in [0.4, 0.5) is 0 Å². The fourth-order valence-electron chi connectivity index (χ4n) is 9.83. The number of carbonyl (C=O) groups excluding carboxylic acids is 6. The zero-order valence-electron chi connectivity index (χ0n) is 44.7. The molecule has 28 heteroatoms. The predicted molar refractivity (Wildman–Crippen MR) is 331 cm³/mol. The summed E-state index contributed by atoms with van der Waals surface area (Å²) in [5, 5.41) is 12.5. The van der Waals surface area contributed by atoms with Gasteiger partial charge in [0.05, 0.1) is 60.0 Å². The molecule has 4 aromatic heterocycles. The number of aromatic amines is 2. The lowest BCUT2D eigenvalue weighted by molar-refractivity contribution is -0.161. The van der Waals surface area contributed by atoms with Crippen molar-refractivity contribution < 1.29 is 47.7 Å². The highest BCUT2D eigenvalue weighted by Crippen LogP contribution is 2.43. The number of ether oxygens (including phenoxy) is 4. The molecule has 4 N–H and O–H groups in total. The Balaban J connectivity index is 0.000000179. The second-order valence-corrected chi connectivity index (χ2v) is 25.3. The van der Waals surface area contributed by atoms with E-state index in [9.17, 15) is 38.4 Å². The Morgan fingerprint density at radius 3 is 1.66 bits per heavy atom. The average Bonchev–Trinajstić information content (AvgIpc) is 0.942. The minimum Gasteiger partial charge on any atom is -0.488 e. The van der Waals surface area contributed by atoms with Gasteiger partial charge in [0.1, 0.15) is 64.9 Å². The number of β-lactam (4-membered cyclic amide) rings is 2. The van der Waals surface area contributed by atoms with Gasteiger partial charge in [0.15, 0.2) is 6.04 Å². The third-order valence-electron chi connectivity index (χ3n) is 13.9. The lowest BCUT2D eigenvalue weighted by atomic mass is 9.98. The zero-order valence-corrected chi connectivity index (χ0v) is 51.0. The Kier molecular flexibility index (Phi) is 18.0. The molecule has 4 aromatic carbocycles. The van der Waals surface area contributed by atoms with Gasteiger partial charge in [-0.1, -0.05) is 58.5 Å². The second-order valence-electron chi connectivity index (χ2n) is 19.4. The molecule has 0 saturated carbocycles. The maximum atomic E-state index is 13.2. The first kappa shape index (κ1) is 60.0. The first-order valence-corrected chi connectivity index (χ1v) is 31.1. The Morgan fingerprint density at radius 1 is 0.640 bits per heavy atom. The predicted octanol–water partition coefficient (Wildman–Crippen LogP) is 8.81. The lowest BCUT2D eigenvalue weighted by Crippen LogP contribution is -2.74. The van der Waals surface area contributed by atoms with Crippen LogP contribution in [-0.2, 0) is 51.1 Å². The molecule has 0 aliphatic carbocycles. The van der Waals surface area contributed by atoms with Crippen LogP contribution >= 0.6 is 92.6 Å². The Labute approximate surface area is 524 Å². The first-order chi connectivity index (χ1) is 41.5. The fourth-order valence-corrected chi connectivity index (χ4v) is 14.5. The summed E-state index contributed by atoms with van der Waals surface area (Å²) in [4.78, 5) is 122. The van der Waals surface area contributed by atoms with E-state index in [0.717, 1.165) is 9.75 Å². The number of hydrogen-bond donors (Lipinski definition) is 4. The molecule has 8 aromatic rings. The lowest BCUT2D eigenvalue weighted by Gasteiger charge is -2.51. The van der Waals surface area contributed by atoms with Crippen molar-refractivity contribution in [3.63, 3.8) is 0 Å². The normalized spacial score (nSPS) is 18.6. The van der Waals surface area contributed by atoms with Gasteiger partial charge in [-0.3, -0.25) is 33.7 Å². The molecule has 0 radical (unpaired) electrons. The highest BCUT2D eigenvalue weighted by molar-refractivity contribution is 8.03. The number of esters is 2. The van der Waals surface area contributed by atoms with Crippen molar-refractivity contribution in [2.75, 3.05) is 33.2 Å². The molecular weight excluding hydrogens is 1270 g/mol. The van der Waals surface area contributed by atoms with Gasteiger partial charge in [-0.2, -0.15) is 0 Å². The summed E-state index contributed by atoms with van der Waals surface area (Å²) in [7, 11) is 2.48. The Hall–Kier alpha value is -7.68. The minimum atomic E-state index is -1.03. The quantitative estimate of drug-likeness (QED) is 0.0520. The van der Waals surface area contributed by atoms with E-state index in [0.29, 0.717) is 81.4 Å². The van der Waals surface area contributed by atoms with Gasteiger partial charge in [0.2, 0.25) is 17.7 Å². The summed E-state index contributed by atoms with van der Waals surface area (Å²) in [5.74, 6) is -1.14. The number of fused-ring (bicyclic) bond motifs is 4. The highest BCUT2D eigenvalue weighted by atomic mass is 35.5. The van der Waals surface area contributed by atoms with Crippen molar-refractivity contribution in [3.05, 3.63) is 181 Å². The number of amides is 4. The van der Waals surface area contributed by atoms with Crippen molar-refractivity contribution in [2.45, 2.75) is 41.7 Å². The van der Waals surface area contributed by atoms with Gasteiger partial charge in [0.25, 0.3) is 17.0 Å². The number of thiophene rings is 2. The minimum absolute atomic E-state index is 0.0641. The molecule has 4 aliphatic rings. The molecule has 86 heavy (non-hydrogen) atoms. The van der Waals surface area contributed by atoms with Crippen LogP contribution in [0.1, 0.15) is 9.75 Å². The van der Waals surface area contributed by atoms with Crippen molar-refractivity contribution in [1.29, 1.82) is 0 Å². The van der Waals surface area contributed by atoms with Crippen LogP contribution in [0.5, 0.6) is 11.5 Å². The molecule has 440 valence electrons. The monoisotopic (exact) mass is 1310 g/mol. The van der Waals surface area contributed by atoms with Crippen LogP contribution in [0.3, 0.4) is 0 Å². The molecule has 5 unspecified atom stereocenters. The number of H-pyrrole nitrogens is 2. The number of aromatic nitrogens is 4. The highest BCUT2D eigenvalue weighted by Gasteiger charge is 2.57. The standard InChI is InChI=1S/2C29H22Cl2N4O6S2/c2*1-40-29(39)24-14(13-43-28-23(27(38)35(24)28)33-22(36)11-17-3-2-8-42-17)12-41-21-7-5-16(31)10-19(21)25-32-20-6-4-15(30)9-18(20)26(37)34-25/h2-10,23,28H,11-13H2,1H3,(H,33,36)(H,32,34,37);2-10,13,23-24,28H,11-12H2,1H3,(H,33,36)(H,32,34,37). The largest absolute Gasteiger partial charge is 0.488 e. The smallest absolute Gasteiger partial charge is 0.354 e. The number of thioether (sulfide) groups is 2. The number of nitrogens with zero attached hydrogens (tertiary/aromatic N) is 4. The molecule has 4 aliphatic heterocycles. The van der Waals surface area contributed by atoms with E-state index in [-0.39, 0.29) is 72.2 Å². The number of nitrogens with one attached hydrogen (secondary N) is 4. The van der Waals surface area contributed by atoms with Crippen molar-refractivity contribution >= 4 is 150 Å². The van der Waals surface area contributed by atoms with Crippen molar-refractivity contribution in [3.8, 4) is 34.3 Å². The van der Waals surface area contributed by atoms with E-state index in [4.69, 9.17) is 65.4 Å². The summed E-state index contributed by atoms with van der Waals surface area (Å²) >= 11 is 30.3. The van der Waals surface area contributed by atoms with Gasteiger partial charge in [-0.15, -0.1) is 46.2 Å². The van der Waals surface area contributed by atoms with Crippen LogP contribution in [0.15, 0.2) is 140 Å². The van der Waals surface area contributed by atoms with Crippen LogP contribution in [0.25, 0.3) is 44.6 Å². The van der Waals surface area contributed by atoms with Crippen LogP contribution in [0.2, 0.25) is 20.1 Å². The van der Waals surface area contributed by atoms with Crippen molar-refractivity contribution in [1.82, 2.24) is 40.4 Å². The van der Waals surface area contributed by atoms with Gasteiger partial charge in [0, 0.05) is 46.7 Å². The summed E-state index contributed by atoms with van der Waals surface area (Å²) in [5.41, 5.74) is 2.06. The molecule has 8 heterocycles. The molecule has 5 atom stereocenters. The summed E-state index contributed by atoms with van der Waals surface area (Å²) in [6.07, 6.45) is 0.342. The SMILES string of the molecule is COC(=O)C1=C(COc2ccc(Cl)cc2-c2nc3ccc(Cl)cc3c(=O)[nH]2)CSC2C(NC(=O)Cc3cccs3)C(=O)N12.COC(=O)C1C(COc2ccc(Cl)cc2-c2nc3ccc(Cl)cc3c(=O)[nH]2)=CSC2C(NC(=O)Cc3cccs3)C(=O)N12. The Morgan fingerprint density at radius 2 is 1.15 bits per heavy atom. The average molecular weight is 1320 g/mol. The van der Waals surface area contributed by atoms with E-state index in [1.807, 2.05) is 35.0 Å². The molecule has 20 nitrogen and oxygen atoms in total. The zero-order chi connectivity index (χ0) is 60.5. The van der Waals surface area contributed by atoms with E-state index >= 15 is 0 Å². The molecule has 0 bridgehead atoms. The van der Waals surface area contributed by atoms with Gasteiger partial charge >= 0.3 is 11.9 Å². The molecule has 2 fully saturated rings. The number of hydrogen-bond acceptors (Lipinski definition) is 18. The van der Waals surface area contributed by atoms with Gasteiger partial charge in [-0.25, -0.2) is 19.6 Å². The van der Waals surface area contributed by atoms with Crippen LogP contribution < -0.4 is 31.2 Å². The summed E-state index contributed by atoms with van der Waals surface area (Å²) in [6, 6.07) is 24.2. The van der Waals surface area contributed by atoms with Gasteiger partial charge in [-0.05, 0) is 101 Å². The number of rotatable bonds is 16. The second kappa shape index (κ2) is 25.7. The van der Waals surface area contributed by atoms with E-state index in [1.165, 1.54) is 82.3 Å². The summed E-state index contributed by atoms with van der Waals surface area (Å²) in [6.45, 7) is -0.147. The third kappa shape index (κ3) is 12.5. The topological polar surface area (TPSA) is 261 Å². The summed E-state index contributed by atoms with van der Waals surface area (Å²) < 4.78 is 22.3. The van der Waals surface area contributed by atoms with E-state index in [1.54, 1.807) is 66.1 Å². The fraction of sp³-hybridized carbons (Fsp3) is 0.207. The molecule has 2 saturated heterocycles. The molecular formula is C58H44Cl4N8O12S4. The Bertz CT molecular complexity index is 4190.